The first-order valence-electron chi connectivity index (χ1n) is 6.88. The van der Waals surface area contributed by atoms with Crippen molar-refractivity contribution < 1.29 is 33.7 Å². The van der Waals surface area contributed by atoms with E-state index in [0.717, 1.165) is 0 Å². The highest BCUT2D eigenvalue weighted by molar-refractivity contribution is 7.64. The molecule has 9 heteroatoms. The lowest BCUT2D eigenvalue weighted by atomic mass is 10.2. The first kappa shape index (κ1) is 20.9. The van der Waals surface area contributed by atoms with Gasteiger partial charge in [0.25, 0.3) is 7.72 Å². The molecule has 0 aromatic rings. The molecule has 0 spiro atoms. The molecule has 0 aromatic heterocycles. The zero-order valence-electron chi connectivity index (χ0n) is 13.6. The minimum Gasteiger partial charge on any atom is -0.433 e. The summed E-state index contributed by atoms with van der Waals surface area (Å²) in [4.78, 5) is 57.9. The molecule has 0 aliphatic rings. The highest BCUT2D eigenvalue weighted by atomic mass is 31.2. The monoisotopic (exact) mass is 338 g/mol. The second kappa shape index (κ2) is 9.15. The first-order chi connectivity index (χ1) is 9.96. The van der Waals surface area contributed by atoms with E-state index >= 15 is 0 Å². The topological polar surface area (TPSA) is 113 Å². The highest BCUT2D eigenvalue weighted by Crippen LogP contribution is 2.44. The van der Waals surface area contributed by atoms with E-state index in [1.54, 1.807) is 27.7 Å². The van der Waals surface area contributed by atoms with Gasteiger partial charge < -0.3 is 4.74 Å². The second-order valence-corrected chi connectivity index (χ2v) is 8.27. The van der Waals surface area contributed by atoms with Gasteiger partial charge in [-0.25, -0.2) is 19.7 Å². The molecule has 2 N–H and O–H groups in total. The molecule has 0 saturated heterocycles. The Bertz CT molecular complexity index is 392. The minimum atomic E-state index is -3.26. The van der Waals surface area contributed by atoms with Gasteiger partial charge in [-0.15, -0.1) is 0 Å². The largest absolute Gasteiger partial charge is 0.433 e. The Balaban J connectivity index is 4.69. The number of hydroxylamine groups is 2. The summed E-state index contributed by atoms with van der Waals surface area (Å²) >= 11 is 0. The molecule has 8 nitrogen and oxygen atoms in total. The third-order valence-electron chi connectivity index (χ3n) is 2.41. The second-order valence-electron chi connectivity index (χ2n) is 5.78. The maximum atomic E-state index is 11.6. The van der Waals surface area contributed by atoms with E-state index in [9.17, 15) is 24.2 Å². The molecule has 0 aromatic carbocycles. The van der Waals surface area contributed by atoms with Gasteiger partial charge in [-0.3, -0.25) is 14.4 Å². The Morgan fingerprint density at radius 1 is 1.23 bits per heavy atom. The minimum absolute atomic E-state index is 0.242. The number of nitrogens with zero attached hydrogens (tertiary/aromatic N) is 1. The zero-order chi connectivity index (χ0) is 17.5. The lowest BCUT2D eigenvalue weighted by Gasteiger charge is -2.26. The molecule has 1 unspecified atom stereocenters. The van der Waals surface area contributed by atoms with Crippen molar-refractivity contribution >= 4 is 25.9 Å². The van der Waals surface area contributed by atoms with Crippen molar-refractivity contribution in [3.63, 3.8) is 0 Å². The summed E-state index contributed by atoms with van der Waals surface area (Å²) in [5, 5.41) is 0.691. The molecular weight excluding hydrogens is 313 g/mol. The van der Waals surface area contributed by atoms with E-state index in [1.165, 1.54) is 6.66 Å². The molecule has 0 rings (SSSR count). The summed E-state index contributed by atoms with van der Waals surface area (Å²) in [6.45, 7) is 7.49. The molecule has 22 heavy (non-hydrogen) atoms. The number of amides is 1. The van der Waals surface area contributed by atoms with E-state index < -0.39 is 38.5 Å². The molecule has 0 saturated carbocycles. The number of carbonyl (C=O) groups excluding carboxylic acids is 3. The van der Waals surface area contributed by atoms with Crippen molar-refractivity contribution in [3.8, 4) is 0 Å². The van der Waals surface area contributed by atoms with Crippen LogP contribution in [0.4, 0.5) is 0 Å². The first-order valence-corrected chi connectivity index (χ1v) is 9.21. The van der Waals surface area contributed by atoms with Crippen molar-refractivity contribution in [2.45, 2.75) is 34.0 Å². The van der Waals surface area contributed by atoms with Crippen LogP contribution < -0.4 is 0 Å². The van der Waals surface area contributed by atoms with Gasteiger partial charge in [0, 0.05) is 5.92 Å². The fraction of sp³-hybridized carbons (Fsp3) is 0.769. The molecule has 0 radical (unpaired) electrons. The van der Waals surface area contributed by atoms with Gasteiger partial charge in [-0.2, -0.15) is 0 Å². The number of esters is 1. The van der Waals surface area contributed by atoms with Crippen LogP contribution >= 0.6 is 7.72 Å². The van der Waals surface area contributed by atoms with Gasteiger partial charge in [0.2, 0.25) is 12.7 Å². The Morgan fingerprint density at radius 2 is 1.77 bits per heavy atom. The number of hydrogen-bond donors (Lipinski definition) is 2. The Kier molecular flexibility index (Phi) is 8.70. The summed E-state index contributed by atoms with van der Waals surface area (Å²) in [5.41, 5.74) is 0. The molecule has 0 aliphatic carbocycles. The summed E-state index contributed by atoms with van der Waals surface area (Å²) in [5.74, 6) is -1.65. The number of carbonyl (C=O) groups is 3. The van der Waals surface area contributed by atoms with Crippen LogP contribution in [0.15, 0.2) is 0 Å². The molecule has 0 bridgehead atoms. The van der Waals surface area contributed by atoms with Crippen LogP contribution in [0.1, 0.15) is 27.7 Å². The third-order valence-corrected chi connectivity index (χ3v) is 3.36. The van der Waals surface area contributed by atoms with Gasteiger partial charge in [-0.1, -0.05) is 27.7 Å². The Morgan fingerprint density at radius 3 is 2.14 bits per heavy atom. The number of ether oxygens (including phenoxy) is 1. The lowest BCUT2D eigenvalue weighted by molar-refractivity contribution is -0.269. The molecule has 128 valence electrons. The van der Waals surface area contributed by atoms with Crippen LogP contribution in [-0.2, 0) is 24.0 Å². The third kappa shape index (κ3) is 9.04. The number of hydrogen-bond acceptors (Lipinski definition) is 7. The van der Waals surface area contributed by atoms with Crippen molar-refractivity contribution in [2.24, 2.45) is 11.8 Å². The maximum absolute atomic E-state index is 11.6. The Hall–Kier alpha value is -1.08. The fourth-order valence-electron chi connectivity index (χ4n) is 1.32. The van der Waals surface area contributed by atoms with E-state index in [0.29, 0.717) is 5.06 Å². The Labute approximate surface area is 130 Å². The molecule has 0 heterocycles. The van der Waals surface area contributed by atoms with Crippen LogP contribution in [0.3, 0.4) is 0 Å². The standard InChI is InChI=1S/C13H25NO7P/c1-9(2)12(17)20-13(10(3)4)21-14(8-15)6-11(16)7-22(5,18)19/h8-10,13,18-19H,6-7H2,1-5H3/q+1. The van der Waals surface area contributed by atoms with Gasteiger partial charge in [0.15, 0.2) is 11.9 Å². The van der Waals surface area contributed by atoms with E-state index in [-0.39, 0.29) is 18.2 Å². The number of ketones is 1. The molecule has 0 fully saturated rings. The average Bonchev–Trinajstić information content (AvgIpc) is 2.33. The van der Waals surface area contributed by atoms with Gasteiger partial charge in [0.1, 0.15) is 13.2 Å². The fourth-order valence-corrected chi connectivity index (χ4v) is 2.09. The van der Waals surface area contributed by atoms with E-state index in [1.807, 2.05) is 0 Å². The van der Waals surface area contributed by atoms with Crippen molar-refractivity contribution in [1.82, 2.24) is 5.06 Å². The normalized spacial score (nSPS) is 13.1. The van der Waals surface area contributed by atoms with Gasteiger partial charge in [-0.05, 0) is 0 Å². The predicted molar refractivity (Wildman–Crippen MR) is 80.6 cm³/mol. The molecule has 0 aliphatic heterocycles. The highest BCUT2D eigenvalue weighted by Gasteiger charge is 2.31. The zero-order valence-corrected chi connectivity index (χ0v) is 14.4. The van der Waals surface area contributed by atoms with Gasteiger partial charge >= 0.3 is 5.97 Å². The molecular formula is C13H25NO7P+. The van der Waals surface area contributed by atoms with Crippen molar-refractivity contribution in [3.05, 3.63) is 0 Å². The average molecular weight is 338 g/mol. The number of Topliss-reactive ketones (excluding diaryl/α,β-unsaturated/α-hetero) is 1. The smallest absolute Gasteiger partial charge is 0.310 e. The summed E-state index contributed by atoms with van der Waals surface area (Å²) < 4.78 is 5.12. The van der Waals surface area contributed by atoms with Crippen molar-refractivity contribution in [1.29, 1.82) is 0 Å². The van der Waals surface area contributed by atoms with Crippen LogP contribution in [-0.4, -0.2) is 58.7 Å². The summed E-state index contributed by atoms with van der Waals surface area (Å²) in [6.07, 6.45) is -1.18. The van der Waals surface area contributed by atoms with E-state index in [4.69, 9.17) is 9.57 Å². The SMILES string of the molecule is CC(C)C(=O)OC(ON(C=O)CC(=O)C[P+](C)(O)O)C(C)C. The van der Waals surface area contributed by atoms with Crippen LogP contribution in [0, 0.1) is 11.8 Å². The number of rotatable bonds is 10. The van der Waals surface area contributed by atoms with Crippen LogP contribution in [0.5, 0.6) is 0 Å². The van der Waals surface area contributed by atoms with Gasteiger partial charge in [0.05, 0.1) is 5.92 Å². The maximum Gasteiger partial charge on any atom is 0.310 e. The molecule has 1 atom stereocenters. The van der Waals surface area contributed by atoms with Crippen LogP contribution in [0.2, 0.25) is 0 Å². The quantitative estimate of drug-likeness (QED) is 0.197. The van der Waals surface area contributed by atoms with E-state index in [2.05, 4.69) is 0 Å². The molecule has 1 amide bonds. The van der Waals surface area contributed by atoms with Crippen LogP contribution in [0.25, 0.3) is 0 Å². The summed E-state index contributed by atoms with van der Waals surface area (Å²) in [7, 11) is -3.26. The predicted octanol–water partition coefficient (Wildman–Crippen LogP) is 0.589. The lowest BCUT2D eigenvalue weighted by Crippen LogP contribution is -2.39. The van der Waals surface area contributed by atoms with Crippen molar-refractivity contribution in [2.75, 3.05) is 19.4 Å². The summed E-state index contributed by atoms with van der Waals surface area (Å²) in [6, 6.07) is 0.